The Morgan fingerprint density at radius 3 is 2.52 bits per heavy atom. The lowest BCUT2D eigenvalue weighted by Crippen LogP contribution is -2.00. The van der Waals surface area contributed by atoms with Crippen molar-refractivity contribution < 1.29 is 0 Å². The maximum atomic E-state index is 4.54. The molecule has 0 saturated heterocycles. The fraction of sp³-hybridized carbons (Fsp3) is 0.250. The van der Waals surface area contributed by atoms with Gasteiger partial charge in [0.05, 0.1) is 16.3 Å². The van der Waals surface area contributed by atoms with Crippen molar-refractivity contribution in [1.29, 1.82) is 0 Å². The van der Waals surface area contributed by atoms with Crippen LogP contribution in [0.15, 0.2) is 53.0 Å². The third kappa shape index (κ3) is 3.70. The van der Waals surface area contributed by atoms with Gasteiger partial charge < -0.3 is 4.57 Å². The van der Waals surface area contributed by atoms with Crippen LogP contribution >= 0.6 is 23.1 Å². The number of thiophene rings is 1. The van der Waals surface area contributed by atoms with Crippen molar-refractivity contribution in [3.05, 3.63) is 64.8 Å². The summed E-state index contributed by atoms with van der Waals surface area (Å²) in [4.78, 5) is 1.16. The normalized spacial score (nSPS) is 11.2. The highest BCUT2D eigenvalue weighted by Crippen LogP contribution is 2.29. The smallest absolute Gasteiger partial charge is 0.191 e. The zero-order valence-electron chi connectivity index (χ0n) is 15.6. The van der Waals surface area contributed by atoms with Crippen LogP contribution in [0.3, 0.4) is 0 Å². The van der Waals surface area contributed by atoms with Gasteiger partial charge in [0, 0.05) is 18.0 Å². The number of thioether (sulfide) groups is 1. The first-order valence-corrected chi connectivity index (χ1v) is 10.7. The van der Waals surface area contributed by atoms with Gasteiger partial charge in [-0.3, -0.25) is 0 Å². The van der Waals surface area contributed by atoms with Gasteiger partial charge in [0.25, 0.3) is 0 Å². The Labute approximate surface area is 167 Å². The van der Waals surface area contributed by atoms with E-state index in [1.807, 2.05) is 17.7 Å². The van der Waals surface area contributed by atoms with Gasteiger partial charge in [-0.25, -0.2) is 4.68 Å². The molecular weight excluding hydrogens is 374 g/mol. The lowest BCUT2D eigenvalue weighted by Gasteiger charge is -2.08. The first-order valence-electron chi connectivity index (χ1n) is 8.88. The zero-order chi connectivity index (χ0) is 18.8. The van der Waals surface area contributed by atoms with Crippen LogP contribution in [0.4, 0.5) is 0 Å². The van der Waals surface area contributed by atoms with Crippen molar-refractivity contribution in [3.8, 4) is 16.4 Å². The van der Waals surface area contributed by atoms with Gasteiger partial charge in [0.2, 0.25) is 0 Å². The quantitative estimate of drug-likeness (QED) is 0.425. The molecule has 0 bridgehead atoms. The van der Waals surface area contributed by atoms with E-state index in [9.17, 15) is 0 Å². The van der Waals surface area contributed by atoms with Crippen LogP contribution in [-0.4, -0.2) is 24.5 Å². The molecular formula is C20H21N5S2. The summed E-state index contributed by atoms with van der Waals surface area (Å²) in [7, 11) is 0. The van der Waals surface area contributed by atoms with Gasteiger partial charge in [-0.15, -0.1) is 21.5 Å². The van der Waals surface area contributed by atoms with Crippen LogP contribution in [0.5, 0.6) is 0 Å². The third-order valence-corrected chi connectivity index (χ3v) is 6.24. The van der Waals surface area contributed by atoms with Crippen LogP contribution in [0.25, 0.3) is 16.4 Å². The fourth-order valence-corrected chi connectivity index (χ4v) is 4.72. The average Bonchev–Trinajstić information content (AvgIpc) is 3.39. The molecule has 27 heavy (non-hydrogen) atoms. The molecule has 0 aliphatic carbocycles. The summed E-state index contributed by atoms with van der Waals surface area (Å²) in [5.41, 5.74) is 4.53. The number of hydrogen-bond donors (Lipinski definition) is 0. The Balaban J connectivity index is 1.49. The number of nitrogens with zero attached hydrogens (tertiary/aromatic N) is 5. The van der Waals surface area contributed by atoms with E-state index in [1.54, 1.807) is 23.1 Å². The minimum atomic E-state index is 0.861. The Morgan fingerprint density at radius 1 is 1.07 bits per heavy atom. The topological polar surface area (TPSA) is 48.5 Å². The van der Waals surface area contributed by atoms with Gasteiger partial charge in [-0.1, -0.05) is 30.0 Å². The molecule has 0 radical (unpaired) electrons. The summed E-state index contributed by atoms with van der Waals surface area (Å²) in [6, 6.07) is 14.8. The highest BCUT2D eigenvalue weighted by atomic mass is 32.2. The molecule has 0 aliphatic heterocycles. The first-order chi connectivity index (χ1) is 13.2. The molecule has 3 aromatic heterocycles. The second-order valence-electron chi connectivity index (χ2n) is 6.32. The lowest BCUT2D eigenvalue weighted by atomic mass is 10.2. The molecule has 1 aromatic carbocycles. The highest BCUT2D eigenvalue weighted by Gasteiger charge is 2.14. The van der Waals surface area contributed by atoms with E-state index < -0.39 is 0 Å². The van der Waals surface area contributed by atoms with Crippen LogP contribution in [0.1, 0.15) is 23.9 Å². The number of aryl methyl sites for hydroxylation is 2. The predicted molar refractivity (Wildman–Crippen MR) is 112 cm³/mol. The minimum Gasteiger partial charge on any atom is -0.302 e. The highest BCUT2D eigenvalue weighted by molar-refractivity contribution is 7.98. The van der Waals surface area contributed by atoms with Gasteiger partial charge in [-0.05, 0) is 56.0 Å². The van der Waals surface area contributed by atoms with Crippen LogP contribution in [0.2, 0.25) is 0 Å². The molecule has 3 heterocycles. The van der Waals surface area contributed by atoms with E-state index in [0.717, 1.165) is 45.2 Å². The van der Waals surface area contributed by atoms with Crippen molar-refractivity contribution in [2.45, 2.75) is 38.2 Å². The van der Waals surface area contributed by atoms with Gasteiger partial charge in [-0.2, -0.15) is 5.10 Å². The van der Waals surface area contributed by atoms with E-state index in [0.29, 0.717) is 0 Å². The number of benzene rings is 1. The average molecular weight is 396 g/mol. The molecule has 5 nitrogen and oxygen atoms in total. The molecule has 0 spiro atoms. The Hall–Kier alpha value is -2.38. The summed E-state index contributed by atoms with van der Waals surface area (Å²) in [6.07, 6.45) is 0. The molecule has 0 fully saturated rings. The fourth-order valence-electron chi connectivity index (χ4n) is 3.04. The maximum Gasteiger partial charge on any atom is 0.191 e. The first kappa shape index (κ1) is 18.0. The summed E-state index contributed by atoms with van der Waals surface area (Å²) in [5.74, 6) is 1.81. The van der Waals surface area contributed by atoms with E-state index in [2.05, 4.69) is 75.5 Å². The van der Waals surface area contributed by atoms with Crippen molar-refractivity contribution in [2.75, 3.05) is 0 Å². The Kier molecular flexibility index (Phi) is 5.13. The van der Waals surface area contributed by atoms with Crippen molar-refractivity contribution in [1.82, 2.24) is 24.5 Å². The Morgan fingerprint density at radius 2 is 1.89 bits per heavy atom. The zero-order valence-corrected chi connectivity index (χ0v) is 17.2. The molecule has 0 atom stereocenters. The molecule has 0 unspecified atom stereocenters. The Bertz CT molecular complexity index is 1030. The monoisotopic (exact) mass is 395 g/mol. The standard InChI is InChI=1S/C20H21N5S2/c1-4-24-19(18-6-5-11-26-18)21-22-20(24)27-13-16-7-9-17(10-8-16)25-15(3)12-14(2)23-25/h5-12H,4,13H2,1-3H3. The summed E-state index contributed by atoms with van der Waals surface area (Å²) >= 11 is 3.42. The molecule has 4 rings (SSSR count). The number of hydrogen-bond acceptors (Lipinski definition) is 5. The molecule has 0 N–H and O–H groups in total. The van der Waals surface area contributed by atoms with Gasteiger partial charge >= 0.3 is 0 Å². The van der Waals surface area contributed by atoms with E-state index in [-0.39, 0.29) is 0 Å². The van der Waals surface area contributed by atoms with E-state index in [4.69, 9.17) is 0 Å². The predicted octanol–water partition coefficient (Wildman–Crippen LogP) is 5.12. The third-order valence-electron chi connectivity index (χ3n) is 4.33. The molecule has 0 aliphatic rings. The van der Waals surface area contributed by atoms with Crippen molar-refractivity contribution in [3.63, 3.8) is 0 Å². The summed E-state index contributed by atoms with van der Waals surface area (Å²) in [6.45, 7) is 7.09. The largest absolute Gasteiger partial charge is 0.302 e. The van der Waals surface area contributed by atoms with Gasteiger partial charge in [0.15, 0.2) is 11.0 Å². The van der Waals surface area contributed by atoms with Crippen LogP contribution < -0.4 is 0 Å². The lowest BCUT2D eigenvalue weighted by molar-refractivity contribution is 0.688. The second kappa shape index (κ2) is 7.70. The second-order valence-corrected chi connectivity index (χ2v) is 8.21. The summed E-state index contributed by atoms with van der Waals surface area (Å²) < 4.78 is 4.16. The molecule has 0 saturated carbocycles. The number of aromatic nitrogens is 5. The minimum absolute atomic E-state index is 0.861. The molecule has 0 amide bonds. The van der Waals surface area contributed by atoms with Crippen LogP contribution in [-0.2, 0) is 12.3 Å². The number of rotatable bonds is 6. The molecule has 138 valence electrons. The molecule has 4 aromatic rings. The van der Waals surface area contributed by atoms with Crippen LogP contribution in [0, 0.1) is 13.8 Å². The van der Waals surface area contributed by atoms with Crippen molar-refractivity contribution in [2.24, 2.45) is 0 Å². The SMILES string of the molecule is CCn1c(SCc2ccc(-n3nc(C)cc3C)cc2)nnc1-c1cccs1. The van der Waals surface area contributed by atoms with E-state index >= 15 is 0 Å². The summed E-state index contributed by atoms with van der Waals surface area (Å²) in [5, 5.41) is 16.4. The van der Waals surface area contributed by atoms with Gasteiger partial charge in [0.1, 0.15) is 0 Å². The van der Waals surface area contributed by atoms with Crippen molar-refractivity contribution >= 4 is 23.1 Å². The maximum absolute atomic E-state index is 4.54. The molecule has 7 heteroatoms. The van der Waals surface area contributed by atoms with E-state index in [1.165, 1.54) is 5.56 Å².